The van der Waals surface area contributed by atoms with Crippen molar-refractivity contribution < 1.29 is 9.53 Å². The highest BCUT2D eigenvalue weighted by Crippen LogP contribution is 2.34. The number of nitrogens with zero attached hydrogens (tertiary/aromatic N) is 5. The molecule has 0 atom stereocenters. The molecule has 4 rings (SSSR count). The Hall–Kier alpha value is -3.35. The molecule has 0 aromatic carbocycles. The molecule has 162 valence electrons. The number of aromatic nitrogens is 3. The molecule has 1 aliphatic heterocycles. The van der Waals surface area contributed by atoms with E-state index in [1.807, 2.05) is 18.2 Å². The van der Waals surface area contributed by atoms with E-state index in [1.54, 1.807) is 11.6 Å². The van der Waals surface area contributed by atoms with Gasteiger partial charge in [-0.05, 0) is 12.1 Å². The Morgan fingerprint density at radius 1 is 1.29 bits per heavy atom. The highest BCUT2D eigenvalue weighted by Gasteiger charge is 2.24. The van der Waals surface area contributed by atoms with Crippen molar-refractivity contribution in [2.24, 2.45) is 16.8 Å². The maximum atomic E-state index is 12.9. The maximum absolute atomic E-state index is 12.9. The predicted molar refractivity (Wildman–Crippen MR) is 120 cm³/mol. The molecular weight excluding hydrogens is 418 g/mol. The van der Waals surface area contributed by atoms with Crippen LogP contribution < -0.4 is 27.3 Å². The number of rotatable bonds is 6. The van der Waals surface area contributed by atoms with Crippen molar-refractivity contribution in [2.45, 2.75) is 6.42 Å². The van der Waals surface area contributed by atoms with Crippen molar-refractivity contribution in [1.29, 1.82) is 0 Å². The van der Waals surface area contributed by atoms with Crippen molar-refractivity contribution in [1.82, 2.24) is 25.7 Å². The number of hydrogen-bond donors (Lipinski definition) is 4. The molecule has 0 spiro atoms. The number of amidine groups is 1. The van der Waals surface area contributed by atoms with Gasteiger partial charge in [-0.2, -0.15) is 5.10 Å². The van der Waals surface area contributed by atoms with Crippen molar-refractivity contribution in [3.63, 3.8) is 0 Å². The minimum absolute atomic E-state index is 0.219. The summed E-state index contributed by atoms with van der Waals surface area (Å²) in [5, 5.41) is 8.93. The Morgan fingerprint density at radius 3 is 2.84 bits per heavy atom. The molecule has 0 bridgehead atoms. The number of pyridine rings is 1. The van der Waals surface area contributed by atoms with Crippen LogP contribution in [0.4, 0.5) is 5.82 Å². The van der Waals surface area contributed by atoms with E-state index in [2.05, 4.69) is 30.7 Å². The fourth-order valence-electron chi connectivity index (χ4n) is 3.27. The zero-order chi connectivity index (χ0) is 21.6. The lowest BCUT2D eigenvalue weighted by Crippen LogP contribution is -2.37. The average Bonchev–Trinajstić information content (AvgIpc) is 3.26. The molecule has 3 aromatic heterocycles. The molecule has 0 aliphatic carbocycles. The molecule has 12 heteroatoms. The summed E-state index contributed by atoms with van der Waals surface area (Å²) in [5.41, 5.74) is 3.61. The first-order valence-electron chi connectivity index (χ1n) is 9.76. The molecule has 1 aliphatic rings. The number of nitrogens with two attached hydrogens (primary N) is 2. The summed E-state index contributed by atoms with van der Waals surface area (Å²) in [6.07, 6.45) is 2.09. The first-order chi connectivity index (χ1) is 15.2. The van der Waals surface area contributed by atoms with Crippen LogP contribution in [0.5, 0.6) is 0 Å². The Labute approximate surface area is 182 Å². The third kappa shape index (κ3) is 4.55. The van der Waals surface area contributed by atoms with Gasteiger partial charge in [0.25, 0.3) is 5.91 Å². The van der Waals surface area contributed by atoms with E-state index in [-0.39, 0.29) is 5.91 Å². The number of nitrogens with one attached hydrogen (secondary N) is 2. The molecule has 4 heterocycles. The first-order valence-corrected chi connectivity index (χ1v) is 10.6. The van der Waals surface area contributed by atoms with Crippen LogP contribution >= 0.6 is 11.3 Å². The topological polar surface area (TPSA) is 157 Å². The van der Waals surface area contributed by atoms with Crippen molar-refractivity contribution in [3.8, 4) is 11.5 Å². The van der Waals surface area contributed by atoms with Crippen molar-refractivity contribution >= 4 is 39.1 Å². The van der Waals surface area contributed by atoms with E-state index in [4.69, 9.17) is 21.4 Å². The highest BCUT2D eigenvalue weighted by atomic mass is 32.1. The van der Waals surface area contributed by atoms with Crippen molar-refractivity contribution in [2.75, 3.05) is 37.7 Å². The number of morpholine rings is 1. The third-order valence-corrected chi connectivity index (χ3v) is 5.71. The van der Waals surface area contributed by atoms with E-state index in [0.717, 1.165) is 10.2 Å². The number of amides is 1. The number of carbonyl (C=O) groups excluding carboxylic acids is 1. The minimum atomic E-state index is -0.219. The van der Waals surface area contributed by atoms with E-state index in [0.29, 0.717) is 68.0 Å². The van der Waals surface area contributed by atoms with Gasteiger partial charge in [0.1, 0.15) is 22.2 Å². The number of hydrazone groups is 1. The number of ether oxygens (including phenoxy) is 1. The molecular formula is C19H23N9O2S. The van der Waals surface area contributed by atoms with Gasteiger partial charge in [-0.3, -0.25) is 9.78 Å². The minimum Gasteiger partial charge on any atom is -0.378 e. The van der Waals surface area contributed by atoms with Gasteiger partial charge in [0.15, 0.2) is 5.82 Å². The van der Waals surface area contributed by atoms with Gasteiger partial charge in [-0.25, -0.2) is 15.8 Å². The quantitative estimate of drug-likeness (QED) is 0.184. The largest absolute Gasteiger partial charge is 0.378 e. The van der Waals surface area contributed by atoms with Crippen LogP contribution in [-0.4, -0.2) is 59.5 Å². The van der Waals surface area contributed by atoms with Crippen LogP contribution in [0.2, 0.25) is 0 Å². The van der Waals surface area contributed by atoms with Crippen LogP contribution in [0.25, 0.3) is 21.7 Å². The fourth-order valence-corrected chi connectivity index (χ4v) is 4.18. The van der Waals surface area contributed by atoms with E-state index < -0.39 is 0 Å². The normalized spacial score (nSPS) is 14.6. The van der Waals surface area contributed by atoms with Crippen LogP contribution in [0.3, 0.4) is 0 Å². The maximum Gasteiger partial charge on any atom is 0.252 e. The van der Waals surface area contributed by atoms with Gasteiger partial charge in [-0.1, -0.05) is 6.07 Å². The summed E-state index contributed by atoms with van der Waals surface area (Å²) in [6, 6.07) is 5.61. The van der Waals surface area contributed by atoms with Gasteiger partial charge in [-0.15, -0.1) is 11.3 Å². The molecule has 0 saturated carbocycles. The second-order valence-corrected chi connectivity index (χ2v) is 7.60. The lowest BCUT2D eigenvalue weighted by molar-refractivity contribution is 0.0956. The molecule has 3 aromatic rings. The second kappa shape index (κ2) is 9.64. The highest BCUT2D eigenvalue weighted by molar-refractivity contribution is 7.17. The molecule has 0 unspecified atom stereocenters. The van der Waals surface area contributed by atoms with Gasteiger partial charge in [0.2, 0.25) is 0 Å². The van der Waals surface area contributed by atoms with Crippen LogP contribution in [0, 0.1) is 0 Å². The van der Waals surface area contributed by atoms with Gasteiger partial charge in [0, 0.05) is 37.6 Å². The summed E-state index contributed by atoms with van der Waals surface area (Å²) in [6.45, 7) is 2.90. The summed E-state index contributed by atoms with van der Waals surface area (Å²) in [4.78, 5) is 29.7. The second-order valence-electron chi connectivity index (χ2n) is 6.74. The van der Waals surface area contributed by atoms with Gasteiger partial charge >= 0.3 is 0 Å². The molecule has 6 N–H and O–H groups in total. The Morgan fingerprint density at radius 2 is 2.13 bits per heavy atom. The molecule has 31 heavy (non-hydrogen) atoms. The number of fused-ring (bicyclic) bond motifs is 1. The molecule has 1 amide bonds. The summed E-state index contributed by atoms with van der Waals surface area (Å²) in [5.74, 6) is 12.0. The molecule has 1 fully saturated rings. The third-order valence-electron chi connectivity index (χ3n) is 4.83. The van der Waals surface area contributed by atoms with Crippen LogP contribution in [0.15, 0.2) is 34.9 Å². The SMILES string of the molecule is N/N=C(/CCNC(=O)c1csc2nc(-c3ccccn3)nc(N3CCOCC3)c12)NN. The summed E-state index contributed by atoms with van der Waals surface area (Å²) in [7, 11) is 0. The standard InChI is InChI=1S/C19H23N9O2S/c20-26-14(27-21)4-6-23-18(29)12-11-31-19-15(12)17(28-7-9-30-10-8-28)24-16(25-19)13-3-1-2-5-22-13/h1-3,5,11H,4,6-10,20-21H2,(H,23,29)(H,26,27). The smallest absolute Gasteiger partial charge is 0.252 e. The van der Waals surface area contributed by atoms with Gasteiger partial charge < -0.3 is 26.2 Å². The van der Waals surface area contributed by atoms with Gasteiger partial charge in [0.05, 0.1) is 24.2 Å². The number of carbonyl (C=O) groups is 1. The zero-order valence-electron chi connectivity index (χ0n) is 16.7. The zero-order valence-corrected chi connectivity index (χ0v) is 17.6. The van der Waals surface area contributed by atoms with E-state index in [1.165, 1.54) is 11.3 Å². The average molecular weight is 442 g/mol. The van der Waals surface area contributed by atoms with Crippen LogP contribution in [0.1, 0.15) is 16.8 Å². The number of hydrogen-bond acceptors (Lipinski definition) is 10. The van der Waals surface area contributed by atoms with Crippen molar-refractivity contribution in [3.05, 3.63) is 35.3 Å². The summed E-state index contributed by atoms with van der Waals surface area (Å²) < 4.78 is 5.49. The van der Waals surface area contributed by atoms with Crippen LogP contribution in [-0.2, 0) is 4.74 Å². The number of anilines is 1. The molecule has 11 nitrogen and oxygen atoms in total. The predicted octanol–water partition coefficient (Wildman–Crippen LogP) is 0.445. The lowest BCUT2D eigenvalue weighted by atomic mass is 10.2. The Balaban J connectivity index is 1.69. The Bertz CT molecular complexity index is 1080. The Kier molecular flexibility index (Phi) is 6.50. The van der Waals surface area contributed by atoms with E-state index in [9.17, 15) is 4.79 Å². The molecule has 1 saturated heterocycles. The molecule has 0 radical (unpaired) electrons. The van der Waals surface area contributed by atoms with E-state index >= 15 is 0 Å². The number of thiophene rings is 1. The first kappa shape index (κ1) is 20.9. The fraction of sp³-hybridized carbons (Fsp3) is 0.316. The monoisotopic (exact) mass is 441 g/mol. The number of hydrazine groups is 1. The lowest BCUT2D eigenvalue weighted by Gasteiger charge is -2.28. The summed E-state index contributed by atoms with van der Waals surface area (Å²) >= 11 is 1.40.